The number of carbonyl (C=O) groups is 1. The van der Waals surface area contributed by atoms with E-state index in [-0.39, 0.29) is 5.91 Å². The first-order chi connectivity index (χ1) is 11.2. The Bertz CT molecular complexity index is 521. The van der Waals surface area contributed by atoms with Crippen molar-refractivity contribution in [3.8, 4) is 0 Å². The summed E-state index contributed by atoms with van der Waals surface area (Å²) in [5, 5.41) is 9.20. The maximum absolute atomic E-state index is 12.5. The molecule has 2 saturated heterocycles. The van der Waals surface area contributed by atoms with Crippen molar-refractivity contribution >= 4 is 5.91 Å². The number of hydrogen-bond acceptors (Lipinski definition) is 3. The maximum atomic E-state index is 12.5. The minimum absolute atomic E-state index is 0.172. The van der Waals surface area contributed by atoms with Crippen LogP contribution < -0.4 is 0 Å². The van der Waals surface area contributed by atoms with Gasteiger partial charge in [0, 0.05) is 31.3 Å². The highest BCUT2D eigenvalue weighted by molar-refractivity contribution is 5.94. The first-order valence-corrected chi connectivity index (χ1v) is 8.90. The van der Waals surface area contributed by atoms with E-state index in [1.807, 2.05) is 17.0 Å². The van der Waals surface area contributed by atoms with Gasteiger partial charge in [0.25, 0.3) is 5.91 Å². The summed E-state index contributed by atoms with van der Waals surface area (Å²) in [6, 6.07) is 8.50. The fraction of sp³-hybridized carbons (Fsp3) is 0.632. The fourth-order valence-electron chi connectivity index (χ4n) is 3.74. The number of piperidine rings is 1. The summed E-state index contributed by atoms with van der Waals surface area (Å²) in [5.74, 6) is 0.652. The third-order valence-electron chi connectivity index (χ3n) is 5.39. The molecule has 0 aromatic heterocycles. The lowest BCUT2D eigenvalue weighted by Gasteiger charge is -2.31. The van der Waals surface area contributed by atoms with Crippen molar-refractivity contribution in [1.82, 2.24) is 9.80 Å². The Morgan fingerprint density at radius 1 is 1.13 bits per heavy atom. The summed E-state index contributed by atoms with van der Waals surface area (Å²) in [6.07, 6.45) is 4.40. The Labute approximate surface area is 139 Å². The molecule has 2 heterocycles. The molecule has 2 aliphatic rings. The average molecular weight is 316 g/mol. The van der Waals surface area contributed by atoms with E-state index in [9.17, 15) is 9.90 Å². The average Bonchev–Trinajstić information content (AvgIpc) is 3.02. The van der Waals surface area contributed by atoms with Crippen LogP contribution in [0, 0.1) is 5.92 Å². The summed E-state index contributed by atoms with van der Waals surface area (Å²) in [4.78, 5) is 17.0. The number of aliphatic hydroxyl groups is 1. The molecule has 1 aromatic carbocycles. The van der Waals surface area contributed by atoms with Crippen LogP contribution >= 0.6 is 0 Å². The van der Waals surface area contributed by atoms with Crippen LogP contribution in [0.4, 0.5) is 0 Å². The van der Waals surface area contributed by atoms with E-state index in [0.717, 1.165) is 57.4 Å². The van der Waals surface area contributed by atoms with Crippen LogP contribution in [0.2, 0.25) is 0 Å². The predicted octanol–water partition coefficient (Wildman–Crippen LogP) is 2.52. The van der Waals surface area contributed by atoms with Crippen molar-refractivity contribution in [1.29, 1.82) is 0 Å². The zero-order valence-corrected chi connectivity index (χ0v) is 14.1. The van der Waals surface area contributed by atoms with Gasteiger partial charge in [-0.15, -0.1) is 0 Å². The molecule has 0 aliphatic carbocycles. The second-order valence-corrected chi connectivity index (χ2v) is 7.09. The third-order valence-corrected chi connectivity index (χ3v) is 5.39. The number of amides is 1. The van der Waals surface area contributed by atoms with Gasteiger partial charge in [0.05, 0.1) is 0 Å². The lowest BCUT2D eigenvalue weighted by atomic mass is 9.97. The molecule has 0 saturated carbocycles. The van der Waals surface area contributed by atoms with Gasteiger partial charge in [-0.25, -0.2) is 0 Å². The van der Waals surface area contributed by atoms with Gasteiger partial charge in [0.1, 0.15) is 0 Å². The summed E-state index contributed by atoms with van der Waals surface area (Å²) in [5.41, 5.74) is 2.07. The first kappa shape index (κ1) is 16.5. The van der Waals surface area contributed by atoms with Gasteiger partial charge in [-0.05, 0) is 69.3 Å². The van der Waals surface area contributed by atoms with Crippen LogP contribution in [0.1, 0.15) is 48.5 Å². The molecule has 23 heavy (non-hydrogen) atoms. The molecule has 4 heteroatoms. The number of benzene rings is 1. The predicted molar refractivity (Wildman–Crippen MR) is 91.3 cm³/mol. The van der Waals surface area contributed by atoms with Gasteiger partial charge in [0.2, 0.25) is 0 Å². The van der Waals surface area contributed by atoms with Crippen LogP contribution in [0.3, 0.4) is 0 Å². The topological polar surface area (TPSA) is 43.8 Å². The molecule has 0 radical (unpaired) electrons. The maximum Gasteiger partial charge on any atom is 0.254 e. The van der Waals surface area contributed by atoms with E-state index in [0.29, 0.717) is 18.6 Å². The highest BCUT2D eigenvalue weighted by Gasteiger charge is 2.26. The van der Waals surface area contributed by atoms with Crippen LogP contribution in [-0.2, 0) is 6.54 Å². The van der Waals surface area contributed by atoms with Gasteiger partial charge in [0.15, 0.2) is 0 Å². The zero-order valence-electron chi connectivity index (χ0n) is 14.1. The van der Waals surface area contributed by atoms with E-state index < -0.39 is 0 Å². The molecule has 0 bridgehead atoms. The van der Waals surface area contributed by atoms with Crippen LogP contribution in [-0.4, -0.2) is 53.1 Å². The lowest BCUT2D eigenvalue weighted by molar-refractivity contribution is 0.0747. The van der Waals surface area contributed by atoms with E-state index >= 15 is 0 Å². The summed E-state index contributed by atoms with van der Waals surface area (Å²) in [6.45, 7) is 6.39. The number of rotatable bonds is 4. The van der Waals surface area contributed by atoms with Crippen LogP contribution in [0.5, 0.6) is 0 Å². The standard InChI is InChI=1S/C19H28N2O2/c1-15-3-2-10-21(15)19(23)18-6-4-16(5-7-18)13-20-11-8-17(14-22)9-12-20/h4-7,15,17,22H,2-3,8-14H2,1H3. The van der Waals surface area contributed by atoms with Gasteiger partial charge < -0.3 is 10.0 Å². The monoisotopic (exact) mass is 316 g/mol. The lowest BCUT2D eigenvalue weighted by Crippen LogP contribution is -2.34. The van der Waals surface area contributed by atoms with Crippen molar-refractivity contribution in [3.63, 3.8) is 0 Å². The smallest absolute Gasteiger partial charge is 0.254 e. The molecular weight excluding hydrogens is 288 g/mol. The highest BCUT2D eigenvalue weighted by Crippen LogP contribution is 2.21. The Kier molecular flexibility index (Phi) is 5.34. The van der Waals surface area contributed by atoms with E-state index in [4.69, 9.17) is 0 Å². The Morgan fingerprint density at radius 3 is 2.39 bits per heavy atom. The van der Waals surface area contributed by atoms with Gasteiger partial charge in [-0.3, -0.25) is 9.69 Å². The molecule has 4 nitrogen and oxygen atoms in total. The minimum Gasteiger partial charge on any atom is -0.396 e. The van der Waals surface area contributed by atoms with Crippen LogP contribution in [0.15, 0.2) is 24.3 Å². The van der Waals surface area contributed by atoms with E-state index in [2.05, 4.69) is 24.0 Å². The quantitative estimate of drug-likeness (QED) is 0.928. The fourth-order valence-corrected chi connectivity index (χ4v) is 3.74. The van der Waals surface area contributed by atoms with Crippen molar-refractivity contribution in [2.24, 2.45) is 5.92 Å². The van der Waals surface area contributed by atoms with Gasteiger partial charge >= 0.3 is 0 Å². The van der Waals surface area contributed by atoms with E-state index in [1.54, 1.807) is 0 Å². The van der Waals surface area contributed by atoms with Crippen molar-refractivity contribution in [3.05, 3.63) is 35.4 Å². The molecule has 1 atom stereocenters. The number of likely N-dealkylation sites (tertiary alicyclic amines) is 2. The largest absolute Gasteiger partial charge is 0.396 e. The Morgan fingerprint density at radius 2 is 1.83 bits per heavy atom. The van der Waals surface area contributed by atoms with Crippen molar-refractivity contribution < 1.29 is 9.90 Å². The first-order valence-electron chi connectivity index (χ1n) is 8.90. The van der Waals surface area contributed by atoms with E-state index in [1.165, 1.54) is 5.56 Å². The Balaban J connectivity index is 1.56. The summed E-state index contributed by atoms with van der Waals surface area (Å²) < 4.78 is 0. The molecule has 1 amide bonds. The normalized spacial score (nSPS) is 23.4. The van der Waals surface area contributed by atoms with Crippen LogP contribution in [0.25, 0.3) is 0 Å². The highest BCUT2D eigenvalue weighted by atomic mass is 16.3. The van der Waals surface area contributed by atoms with Gasteiger partial charge in [-0.2, -0.15) is 0 Å². The molecule has 2 aliphatic heterocycles. The molecule has 1 aromatic rings. The molecule has 0 spiro atoms. The van der Waals surface area contributed by atoms with Crippen molar-refractivity contribution in [2.75, 3.05) is 26.2 Å². The summed E-state index contributed by atoms with van der Waals surface area (Å²) >= 11 is 0. The number of carbonyl (C=O) groups excluding carboxylic acids is 1. The number of aliphatic hydroxyl groups excluding tert-OH is 1. The summed E-state index contributed by atoms with van der Waals surface area (Å²) in [7, 11) is 0. The molecule has 1 unspecified atom stereocenters. The SMILES string of the molecule is CC1CCCN1C(=O)c1ccc(CN2CCC(CO)CC2)cc1. The molecule has 126 valence electrons. The van der Waals surface area contributed by atoms with Crippen molar-refractivity contribution in [2.45, 2.75) is 45.2 Å². The minimum atomic E-state index is 0.172. The van der Waals surface area contributed by atoms with Gasteiger partial charge in [-0.1, -0.05) is 12.1 Å². The third kappa shape index (κ3) is 3.93. The molecule has 1 N–H and O–H groups in total. The number of nitrogens with zero attached hydrogens (tertiary/aromatic N) is 2. The Hall–Kier alpha value is -1.39. The zero-order chi connectivity index (χ0) is 16.2. The molecular formula is C19H28N2O2. The number of hydrogen-bond donors (Lipinski definition) is 1. The molecule has 3 rings (SSSR count). The second kappa shape index (κ2) is 7.45. The molecule has 2 fully saturated rings. The second-order valence-electron chi connectivity index (χ2n) is 7.09.